The standard InChI is InChI=1S/C36H60N4O8/c1-15-21-37(29(41)45-33(3,4)5)25-19-27-39(31(43)47-35(9,10)11)23-17-18-24-40(32(44)48-36(12,13)14)28-20-26-38(22-16-2)30(42)46-34(6,7)8/h1-2,17-18H,19-28H2,3-14H3/b18-17+. The molecule has 272 valence electrons. The van der Waals surface area contributed by atoms with Crippen LogP contribution in [0.3, 0.4) is 0 Å². The Morgan fingerprint density at radius 2 is 0.708 bits per heavy atom. The second-order valence-corrected chi connectivity index (χ2v) is 15.2. The van der Waals surface area contributed by atoms with E-state index in [1.54, 1.807) is 95.2 Å². The quantitative estimate of drug-likeness (QED) is 0.116. The summed E-state index contributed by atoms with van der Waals surface area (Å²) in [7, 11) is 0. The molecule has 0 fully saturated rings. The van der Waals surface area contributed by atoms with Gasteiger partial charge in [-0.25, -0.2) is 19.2 Å². The Morgan fingerprint density at radius 1 is 0.479 bits per heavy atom. The van der Waals surface area contributed by atoms with E-state index in [0.29, 0.717) is 12.8 Å². The molecule has 0 aliphatic heterocycles. The predicted molar refractivity (Wildman–Crippen MR) is 187 cm³/mol. The highest BCUT2D eigenvalue weighted by Gasteiger charge is 2.26. The first kappa shape index (κ1) is 43.9. The predicted octanol–water partition coefficient (Wildman–Crippen LogP) is 6.54. The van der Waals surface area contributed by atoms with Crippen molar-refractivity contribution in [2.75, 3.05) is 52.4 Å². The lowest BCUT2D eigenvalue weighted by Gasteiger charge is -2.29. The van der Waals surface area contributed by atoms with Crippen molar-refractivity contribution in [3.8, 4) is 24.7 Å². The fourth-order valence-corrected chi connectivity index (χ4v) is 3.82. The number of terminal acetylenes is 2. The van der Waals surface area contributed by atoms with E-state index in [1.165, 1.54) is 19.6 Å². The molecular formula is C36H60N4O8. The van der Waals surface area contributed by atoms with Crippen molar-refractivity contribution in [1.82, 2.24) is 19.6 Å². The van der Waals surface area contributed by atoms with Crippen LogP contribution < -0.4 is 0 Å². The molecule has 0 spiro atoms. The lowest BCUT2D eigenvalue weighted by molar-refractivity contribution is 0.0208. The fourth-order valence-electron chi connectivity index (χ4n) is 3.82. The molecule has 0 unspecified atom stereocenters. The maximum atomic E-state index is 13.1. The van der Waals surface area contributed by atoms with Gasteiger partial charge in [-0.3, -0.25) is 9.80 Å². The van der Waals surface area contributed by atoms with Gasteiger partial charge < -0.3 is 28.7 Å². The summed E-state index contributed by atoms with van der Waals surface area (Å²) in [4.78, 5) is 57.2. The van der Waals surface area contributed by atoms with Crippen molar-refractivity contribution >= 4 is 24.4 Å². The molecule has 12 nitrogen and oxygen atoms in total. The topological polar surface area (TPSA) is 118 Å². The van der Waals surface area contributed by atoms with E-state index in [9.17, 15) is 19.2 Å². The van der Waals surface area contributed by atoms with Gasteiger partial charge in [0.15, 0.2) is 0 Å². The summed E-state index contributed by atoms with van der Waals surface area (Å²) in [5, 5.41) is 0. The van der Waals surface area contributed by atoms with Gasteiger partial charge in [-0.05, 0) is 95.9 Å². The maximum absolute atomic E-state index is 13.1. The Kier molecular flexibility index (Phi) is 18.0. The van der Waals surface area contributed by atoms with Gasteiger partial charge in [-0.2, -0.15) is 0 Å². The molecule has 0 aromatic rings. The highest BCUT2D eigenvalue weighted by molar-refractivity contribution is 5.70. The number of hydrogen-bond acceptors (Lipinski definition) is 8. The number of carbonyl (C=O) groups excluding carboxylic acids is 4. The minimum Gasteiger partial charge on any atom is -0.444 e. The highest BCUT2D eigenvalue weighted by atomic mass is 16.6. The molecular weight excluding hydrogens is 616 g/mol. The van der Waals surface area contributed by atoms with E-state index in [4.69, 9.17) is 31.8 Å². The fraction of sp³-hybridized carbons (Fsp3) is 0.722. The summed E-state index contributed by atoms with van der Waals surface area (Å²) in [5.74, 6) is 4.95. The zero-order valence-corrected chi connectivity index (χ0v) is 31.4. The molecule has 0 bridgehead atoms. The van der Waals surface area contributed by atoms with Crippen LogP contribution in [0.4, 0.5) is 19.2 Å². The largest absolute Gasteiger partial charge is 0.444 e. The van der Waals surface area contributed by atoms with E-state index in [2.05, 4.69) is 11.8 Å². The monoisotopic (exact) mass is 676 g/mol. The molecule has 0 rings (SSSR count). The van der Waals surface area contributed by atoms with Crippen LogP contribution >= 0.6 is 0 Å². The Balaban J connectivity index is 5.68. The van der Waals surface area contributed by atoms with Crippen molar-refractivity contribution in [1.29, 1.82) is 0 Å². The van der Waals surface area contributed by atoms with E-state index >= 15 is 0 Å². The van der Waals surface area contributed by atoms with Gasteiger partial charge in [0.25, 0.3) is 0 Å². The Labute approximate surface area is 289 Å². The van der Waals surface area contributed by atoms with E-state index in [-0.39, 0.29) is 52.4 Å². The Bertz CT molecular complexity index is 1070. The van der Waals surface area contributed by atoms with E-state index in [1.807, 2.05) is 0 Å². The Hall–Kier alpha value is -4.06. The highest BCUT2D eigenvalue weighted by Crippen LogP contribution is 2.15. The number of amides is 4. The molecule has 12 heteroatoms. The summed E-state index contributed by atoms with van der Waals surface area (Å²) < 4.78 is 22.1. The van der Waals surface area contributed by atoms with Crippen LogP contribution in [0.15, 0.2) is 12.2 Å². The molecule has 0 heterocycles. The van der Waals surface area contributed by atoms with Crippen LogP contribution in [0, 0.1) is 24.7 Å². The summed E-state index contributed by atoms with van der Waals surface area (Å²) in [6.07, 6.45) is 13.2. The number of ether oxygens (including phenoxy) is 4. The summed E-state index contributed by atoms with van der Waals surface area (Å²) in [6.45, 7) is 22.9. The van der Waals surface area contributed by atoms with Crippen LogP contribution in [0.1, 0.15) is 95.9 Å². The summed E-state index contributed by atoms with van der Waals surface area (Å²) in [6, 6.07) is 0. The molecule has 0 N–H and O–H groups in total. The van der Waals surface area contributed by atoms with Gasteiger partial charge in [0.05, 0.1) is 13.1 Å². The third-order valence-electron chi connectivity index (χ3n) is 5.70. The smallest absolute Gasteiger partial charge is 0.411 e. The SMILES string of the molecule is C#CCN(CCCN(C/C=C/CN(CCCN(CC#C)C(=O)OC(C)(C)C)C(=O)OC(C)(C)C)C(=O)OC(C)(C)C)C(=O)OC(C)(C)C. The molecule has 0 aliphatic rings. The number of carbonyl (C=O) groups is 4. The molecule has 0 radical (unpaired) electrons. The first-order valence-corrected chi connectivity index (χ1v) is 16.3. The minimum absolute atomic E-state index is 0.0695. The number of hydrogen-bond donors (Lipinski definition) is 0. The van der Waals surface area contributed by atoms with Crippen molar-refractivity contribution in [2.24, 2.45) is 0 Å². The molecule has 48 heavy (non-hydrogen) atoms. The number of rotatable bonds is 14. The minimum atomic E-state index is -0.717. The second-order valence-electron chi connectivity index (χ2n) is 15.2. The first-order valence-electron chi connectivity index (χ1n) is 16.3. The molecule has 0 saturated carbocycles. The number of nitrogens with zero attached hydrogens (tertiary/aromatic N) is 4. The molecule has 0 aromatic carbocycles. The van der Waals surface area contributed by atoms with Crippen LogP contribution in [0.5, 0.6) is 0 Å². The van der Waals surface area contributed by atoms with Gasteiger partial charge in [0.2, 0.25) is 0 Å². The molecule has 0 saturated heterocycles. The summed E-state index contributed by atoms with van der Waals surface area (Å²) in [5.41, 5.74) is -2.79. The molecule has 0 aromatic heterocycles. The van der Waals surface area contributed by atoms with Gasteiger partial charge in [0, 0.05) is 39.3 Å². The maximum Gasteiger partial charge on any atom is 0.411 e. The van der Waals surface area contributed by atoms with Gasteiger partial charge >= 0.3 is 24.4 Å². The van der Waals surface area contributed by atoms with Crippen LogP contribution in [0.2, 0.25) is 0 Å². The van der Waals surface area contributed by atoms with Crippen LogP contribution in [-0.2, 0) is 18.9 Å². The van der Waals surface area contributed by atoms with Crippen molar-refractivity contribution in [3.05, 3.63) is 12.2 Å². The molecule has 4 amide bonds. The van der Waals surface area contributed by atoms with Crippen molar-refractivity contribution in [2.45, 2.75) is 118 Å². The van der Waals surface area contributed by atoms with E-state index in [0.717, 1.165) is 0 Å². The van der Waals surface area contributed by atoms with Crippen molar-refractivity contribution < 1.29 is 38.1 Å². The lowest BCUT2D eigenvalue weighted by Crippen LogP contribution is -2.41. The van der Waals surface area contributed by atoms with E-state index < -0.39 is 46.8 Å². The van der Waals surface area contributed by atoms with Gasteiger partial charge in [-0.1, -0.05) is 24.0 Å². The average Bonchev–Trinajstić information content (AvgIpc) is 2.88. The molecule has 0 atom stereocenters. The van der Waals surface area contributed by atoms with Crippen LogP contribution in [0.25, 0.3) is 0 Å². The second kappa shape index (κ2) is 19.7. The average molecular weight is 677 g/mol. The van der Waals surface area contributed by atoms with Crippen molar-refractivity contribution in [3.63, 3.8) is 0 Å². The first-order chi connectivity index (χ1) is 21.9. The molecule has 0 aliphatic carbocycles. The van der Waals surface area contributed by atoms with Gasteiger partial charge in [0.1, 0.15) is 22.4 Å². The summed E-state index contributed by atoms with van der Waals surface area (Å²) >= 11 is 0. The zero-order chi connectivity index (χ0) is 37.3. The normalized spacial score (nSPS) is 12.0. The lowest BCUT2D eigenvalue weighted by atomic mass is 10.2. The van der Waals surface area contributed by atoms with Gasteiger partial charge in [-0.15, -0.1) is 12.8 Å². The third kappa shape index (κ3) is 21.7. The van der Waals surface area contributed by atoms with Crippen LogP contribution in [-0.4, -0.2) is 119 Å². The zero-order valence-electron chi connectivity index (χ0n) is 31.4. The third-order valence-corrected chi connectivity index (χ3v) is 5.70. The Morgan fingerprint density at radius 3 is 0.938 bits per heavy atom.